The highest BCUT2D eigenvalue weighted by atomic mass is 16.5. The van der Waals surface area contributed by atoms with Crippen LogP contribution in [0.4, 0.5) is 0 Å². The lowest BCUT2D eigenvalue weighted by Crippen LogP contribution is -2.39. The second kappa shape index (κ2) is 7.08. The van der Waals surface area contributed by atoms with Gasteiger partial charge in [0.1, 0.15) is 5.75 Å². The van der Waals surface area contributed by atoms with Crippen LogP contribution in [-0.4, -0.2) is 55.5 Å². The largest absolute Gasteiger partial charge is 0.496 e. The molecule has 1 aliphatic heterocycles. The summed E-state index contributed by atoms with van der Waals surface area (Å²) in [5.41, 5.74) is 1.45. The van der Waals surface area contributed by atoms with E-state index >= 15 is 0 Å². The maximum absolute atomic E-state index is 9.28. The molecular formula is C14H22BNO4. The molecule has 0 radical (unpaired) electrons. The Bertz CT molecular complexity index is 441. The molecule has 20 heavy (non-hydrogen) atoms. The van der Waals surface area contributed by atoms with Gasteiger partial charge in [-0.15, -0.1) is 0 Å². The van der Waals surface area contributed by atoms with Gasteiger partial charge in [0, 0.05) is 25.8 Å². The third-order valence-electron chi connectivity index (χ3n) is 3.79. The molecule has 6 heteroatoms. The fourth-order valence-electron chi connectivity index (χ4n) is 2.67. The molecule has 1 fully saturated rings. The maximum atomic E-state index is 9.28. The average Bonchev–Trinajstić information content (AvgIpc) is 2.47. The lowest BCUT2D eigenvalue weighted by Gasteiger charge is -2.32. The number of likely N-dealkylation sites (tertiary alicyclic amines) is 1. The Balaban J connectivity index is 2.12. The monoisotopic (exact) mass is 279 g/mol. The molecule has 1 atom stereocenters. The Morgan fingerprint density at radius 2 is 2.15 bits per heavy atom. The van der Waals surface area contributed by atoms with Crippen molar-refractivity contribution >= 4 is 12.6 Å². The van der Waals surface area contributed by atoms with Crippen molar-refractivity contribution in [3.8, 4) is 5.75 Å². The van der Waals surface area contributed by atoms with E-state index in [4.69, 9.17) is 9.47 Å². The summed E-state index contributed by atoms with van der Waals surface area (Å²) >= 11 is 0. The molecule has 1 unspecified atom stereocenters. The summed E-state index contributed by atoms with van der Waals surface area (Å²) in [4.78, 5) is 2.31. The van der Waals surface area contributed by atoms with Crippen LogP contribution in [0.5, 0.6) is 5.75 Å². The van der Waals surface area contributed by atoms with Crippen molar-refractivity contribution in [2.24, 2.45) is 0 Å². The van der Waals surface area contributed by atoms with Crippen LogP contribution in [0.25, 0.3) is 0 Å². The summed E-state index contributed by atoms with van der Waals surface area (Å²) in [5, 5.41) is 18.6. The number of rotatable bonds is 5. The van der Waals surface area contributed by atoms with Crippen LogP contribution in [-0.2, 0) is 11.3 Å². The summed E-state index contributed by atoms with van der Waals surface area (Å²) in [6.45, 7) is 2.64. The first-order valence-corrected chi connectivity index (χ1v) is 6.92. The van der Waals surface area contributed by atoms with Crippen molar-refractivity contribution in [3.05, 3.63) is 23.8 Å². The number of nitrogens with zero attached hydrogens (tertiary/aromatic N) is 1. The van der Waals surface area contributed by atoms with Crippen molar-refractivity contribution in [1.29, 1.82) is 0 Å². The second-order valence-electron chi connectivity index (χ2n) is 5.18. The highest BCUT2D eigenvalue weighted by Crippen LogP contribution is 2.21. The zero-order valence-electron chi connectivity index (χ0n) is 12.1. The van der Waals surface area contributed by atoms with Crippen LogP contribution < -0.4 is 10.2 Å². The van der Waals surface area contributed by atoms with E-state index < -0.39 is 7.12 Å². The fraction of sp³-hybridized carbons (Fsp3) is 0.571. The lowest BCUT2D eigenvalue weighted by atomic mass is 9.79. The van der Waals surface area contributed by atoms with Crippen molar-refractivity contribution in [3.63, 3.8) is 0 Å². The Kier molecular flexibility index (Phi) is 5.42. The number of methoxy groups -OCH3 is 2. The van der Waals surface area contributed by atoms with Gasteiger partial charge in [-0.05, 0) is 30.9 Å². The summed E-state index contributed by atoms with van der Waals surface area (Å²) in [6.07, 6.45) is 2.49. The van der Waals surface area contributed by atoms with E-state index in [2.05, 4.69) is 4.90 Å². The van der Waals surface area contributed by atoms with Gasteiger partial charge in [0.25, 0.3) is 0 Å². The topological polar surface area (TPSA) is 62.2 Å². The molecule has 1 heterocycles. The molecular weight excluding hydrogens is 257 g/mol. The van der Waals surface area contributed by atoms with E-state index in [9.17, 15) is 10.0 Å². The van der Waals surface area contributed by atoms with Crippen LogP contribution >= 0.6 is 0 Å². The minimum absolute atomic E-state index is 0.279. The minimum atomic E-state index is -1.45. The molecule has 1 aromatic carbocycles. The third-order valence-corrected chi connectivity index (χ3v) is 3.79. The van der Waals surface area contributed by atoms with Gasteiger partial charge >= 0.3 is 7.12 Å². The number of hydrogen-bond donors (Lipinski definition) is 2. The first-order chi connectivity index (χ1) is 9.63. The average molecular weight is 279 g/mol. The van der Waals surface area contributed by atoms with E-state index in [0.29, 0.717) is 5.46 Å². The lowest BCUT2D eigenvalue weighted by molar-refractivity contribution is 0.0283. The van der Waals surface area contributed by atoms with Gasteiger partial charge < -0.3 is 19.5 Å². The van der Waals surface area contributed by atoms with Crippen LogP contribution in [0.3, 0.4) is 0 Å². The Morgan fingerprint density at radius 3 is 2.80 bits per heavy atom. The van der Waals surface area contributed by atoms with Crippen molar-refractivity contribution < 1.29 is 19.5 Å². The number of hydrogen-bond acceptors (Lipinski definition) is 5. The molecule has 1 saturated heterocycles. The molecule has 2 rings (SSSR count). The number of ether oxygens (including phenoxy) is 2. The van der Waals surface area contributed by atoms with Crippen molar-refractivity contribution in [2.75, 3.05) is 27.3 Å². The van der Waals surface area contributed by atoms with E-state index in [1.165, 1.54) is 0 Å². The van der Waals surface area contributed by atoms with Crippen LogP contribution in [0, 0.1) is 0 Å². The second-order valence-corrected chi connectivity index (χ2v) is 5.18. The molecule has 0 saturated carbocycles. The first kappa shape index (κ1) is 15.3. The number of piperidine rings is 1. The minimum Gasteiger partial charge on any atom is -0.496 e. The SMILES string of the molecule is COc1ccc(B(O)O)cc1CN1CCCC(OC)C1. The van der Waals surface area contributed by atoms with E-state index in [-0.39, 0.29) is 6.10 Å². The highest BCUT2D eigenvalue weighted by molar-refractivity contribution is 6.58. The van der Waals surface area contributed by atoms with E-state index in [1.54, 1.807) is 32.4 Å². The van der Waals surface area contributed by atoms with Crippen LogP contribution in [0.1, 0.15) is 18.4 Å². The van der Waals surface area contributed by atoms with Gasteiger partial charge in [0.2, 0.25) is 0 Å². The quantitative estimate of drug-likeness (QED) is 0.742. The Morgan fingerprint density at radius 1 is 1.35 bits per heavy atom. The van der Waals surface area contributed by atoms with Crippen LogP contribution in [0.2, 0.25) is 0 Å². The van der Waals surface area contributed by atoms with Crippen LogP contribution in [0.15, 0.2) is 18.2 Å². The van der Waals surface area contributed by atoms with Gasteiger partial charge in [0.05, 0.1) is 13.2 Å². The molecule has 110 valence electrons. The van der Waals surface area contributed by atoms with Gasteiger partial charge in [-0.2, -0.15) is 0 Å². The van der Waals surface area contributed by atoms with Crippen molar-refractivity contribution in [1.82, 2.24) is 4.90 Å². The van der Waals surface area contributed by atoms with Crippen molar-refractivity contribution in [2.45, 2.75) is 25.5 Å². The van der Waals surface area contributed by atoms with E-state index in [0.717, 1.165) is 43.8 Å². The smallest absolute Gasteiger partial charge is 0.488 e. The molecule has 0 bridgehead atoms. The first-order valence-electron chi connectivity index (χ1n) is 6.92. The maximum Gasteiger partial charge on any atom is 0.488 e. The molecule has 2 N–H and O–H groups in total. The standard InChI is InChI=1S/C14H22BNO4/c1-19-13-4-3-7-16(10-13)9-11-8-12(15(17)18)5-6-14(11)20-2/h5-6,8,13,17-18H,3-4,7,9-10H2,1-2H3. The molecule has 1 aliphatic rings. The molecule has 0 spiro atoms. The zero-order valence-corrected chi connectivity index (χ0v) is 12.1. The predicted octanol–water partition coefficient (Wildman–Crippen LogP) is -0.0142. The van der Waals surface area contributed by atoms with Gasteiger partial charge in [-0.3, -0.25) is 4.90 Å². The third kappa shape index (κ3) is 3.73. The molecule has 0 aliphatic carbocycles. The molecule has 1 aromatic rings. The Labute approximate surface area is 120 Å². The van der Waals surface area contributed by atoms with Gasteiger partial charge in [-0.25, -0.2) is 0 Å². The number of benzene rings is 1. The van der Waals surface area contributed by atoms with E-state index in [1.807, 2.05) is 0 Å². The normalized spacial score (nSPS) is 19.9. The Hall–Kier alpha value is -1.08. The predicted molar refractivity (Wildman–Crippen MR) is 78.1 cm³/mol. The molecule has 0 amide bonds. The summed E-state index contributed by atoms with van der Waals surface area (Å²) < 4.78 is 10.8. The van der Waals surface area contributed by atoms with Gasteiger partial charge in [0.15, 0.2) is 0 Å². The highest BCUT2D eigenvalue weighted by Gasteiger charge is 2.21. The summed E-state index contributed by atoms with van der Waals surface area (Å²) in [5.74, 6) is 0.772. The molecule has 5 nitrogen and oxygen atoms in total. The fourth-order valence-corrected chi connectivity index (χ4v) is 2.67. The van der Waals surface area contributed by atoms with Gasteiger partial charge in [-0.1, -0.05) is 12.1 Å². The summed E-state index contributed by atoms with van der Waals surface area (Å²) in [6, 6.07) is 5.24. The molecule has 0 aromatic heterocycles. The zero-order chi connectivity index (χ0) is 14.5. The summed E-state index contributed by atoms with van der Waals surface area (Å²) in [7, 11) is 1.92.